The van der Waals surface area contributed by atoms with Crippen LogP contribution in [0, 0.1) is 0 Å². The molecule has 0 bridgehead atoms. The van der Waals surface area contributed by atoms with Gasteiger partial charge in [-0.2, -0.15) is 0 Å². The van der Waals surface area contributed by atoms with Gasteiger partial charge in [0.25, 0.3) is 0 Å². The van der Waals surface area contributed by atoms with E-state index in [1.54, 1.807) is 4.90 Å². The van der Waals surface area contributed by atoms with E-state index < -0.39 is 0 Å². The first-order valence-corrected chi connectivity index (χ1v) is 13.1. The summed E-state index contributed by atoms with van der Waals surface area (Å²) >= 11 is 0. The average Bonchev–Trinajstić information content (AvgIpc) is 3.15. The van der Waals surface area contributed by atoms with E-state index in [1.807, 2.05) is 61.2 Å². The molecule has 1 saturated heterocycles. The third kappa shape index (κ3) is 7.91. The summed E-state index contributed by atoms with van der Waals surface area (Å²) in [7, 11) is 0. The van der Waals surface area contributed by atoms with Gasteiger partial charge in [-0.05, 0) is 45.5 Å². The minimum absolute atomic E-state index is 0.0131. The maximum atomic E-state index is 13.2. The Bertz CT molecular complexity index is 948. The Morgan fingerprint density at radius 3 is 2.33 bits per heavy atom. The fraction of sp³-hybridized carbons (Fsp3) is 0.556. The third-order valence-corrected chi connectivity index (χ3v) is 6.50. The lowest BCUT2D eigenvalue weighted by atomic mass is 10.1. The third-order valence-electron chi connectivity index (χ3n) is 6.50. The van der Waals surface area contributed by atoms with Crippen LogP contribution in [0.5, 0.6) is 0 Å². The molecule has 2 heterocycles. The molecule has 9 heteroatoms. The summed E-state index contributed by atoms with van der Waals surface area (Å²) in [6, 6.07) is 13.8. The van der Waals surface area contributed by atoms with Crippen molar-refractivity contribution < 1.29 is 9.59 Å². The number of urea groups is 1. The van der Waals surface area contributed by atoms with Crippen molar-refractivity contribution in [2.24, 2.45) is 0 Å². The number of nitrogens with one attached hydrogen (secondary N) is 1. The predicted molar refractivity (Wildman–Crippen MR) is 144 cm³/mol. The zero-order chi connectivity index (χ0) is 25.9. The molecule has 1 aliphatic heterocycles. The fourth-order valence-electron chi connectivity index (χ4n) is 4.31. The molecule has 1 fully saturated rings. The van der Waals surface area contributed by atoms with Gasteiger partial charge in [-0.15, -0.1) is 10.2 Å². The van der Waals surface area contributed by atoms with Gasteiger partial charge in [-0.1, -0.05) is 44.2 Å². The van der Waals surface area contributed by atoms with Crippen molar-refractivity contribution in [2.45, 2.75) is 40.2 Å². The van der Waals surface area contributed by atoms with Gasteiger partial charge in [0.2, 0.25) is 5.91 Å². The maximum absolute atomic E-state index is 13.2. The predicted octanol–water partition coefficient (Wildman–Crippen LogP) is 2.94. The lowest BCUT2D eigenvalue weighted by Gasteiger charge is -2.29. The Morgan fingerprint density at radius 2 is 1.69 bits per heavy atom. The molecule has 1 aromatic carbocycles. The highest BCUT2D eigenvalue weighted by Gasteiger charge is 2.24. The van der Waals surface area contributed by atoms with E-state index in [1.165, 1.54) is 0 Å². The monoisotopic (exact) mass is 495 g/mol. The number of carbonyl (C=O) groups is 2. The van der Waals surface area contributed by atoms with E-state index in [2.05, 4.69) is 39.2 Å². The number of aromatic nitrogens is 2. The van der Waals surface area contributed by atoms with Crippen LogP contribution in [-0.2, 0) is 4.79 Å². The van der Waals surface area contributed by atoms with E-state index in [0.29, 0.717) is 26.2 Å². The summed E-state index contributed by atoms with van der Waals surface area (Å²) in [6.07, 6.45) is 0.839. The van der Waals surface area contributed by atoms with Crippen LogP contribution in [0.4, 0.5) is 10.6 Å². The van der Waals surface area contributed by atoms with Crippen LogP contribution in [0.25, 0.3) is 11.3 Å². The summed E-state index contributed by atoms with van der Waals surface area (Å²) in [6.45, 7) is 14.0. The number of benzene rings is 1. The largest absolute Gasteiger partial charge is 0.353 e. The maximum Gasteiger partial charge on any atom is 0.318 e. The number of likely N-dealkylation sites (N-methyl/N-ethyl adjacent to an activating group) is 1. The van der Waals surface area contributed by atoms with Crippen LogP contribution in [0.2, 0.25) is 0 Å². The van der Waals surface area contributed by atoms with Crippen LogP contribution >= 0.6 is 0 Å². The first kappa shape index (κ1) is 27.4. The Kier molecular flexibility index (Phi) is 10.5. The molecule has 3 amide bonds. The minimum atomic E-state index is -0.185. The van der Waals surface area contributed by atoms with Gasteiger partial charge in [0.05, 0.1) is 5.69 Å². The normalized spacial score (nSPS) is 14.2. The number of anilines is 1. The van der Waals surface area contributed by atoms with Gasteiger partial charge in [-0.25, -0.2) is 4.79 Å². The standard InChI is InChI=1S/C27H41N7O2/c1-5-31(6-2)17-18-34(27(36)28-22(3)4)21-26(35)33-16-10-15-32(19-20-33)25-14-13-24(29-30-25)23-11-8-7-9-12-23/h7-9,11-14,22H,5-6,10,15-21H2,1-4H3,(H,28,36). The Hall–Kier alpha value is -3.20. The Morgan fingerprint density at radius 1 is 0.944 bits per heavy atom. The highest BCUT2D eigenvalue weighted by molar-refractivity contribution is 5.84. The van der Waals surface area contributed by atoms with E-state index in [0.717, 1.165) is 49.7 Å². The summed E-state index contributed by atoms with van der Waals surface area (Å²) in [5.74, 6) is 0.807. The van der Waals surface area contributed by atoms with E-state index in [-0.39, 0.29) is 24.5 Å². The highest BCUT2D eigenvalue weighted by Crippen LogP contribution is 2.19. The summed E-state index contributed by atoms with van der Waals surface area (Å²) in [5, 5.41) is 11.8. The Labute approximate surface area is 215 Å². The van der Waals surface area contributed by atoms with Crippen LogP contribution in [0.15, 0.2) is 42.5 Å². The lowest BCUT2D eigenvalue weighted by Crippen LogP contribution is -2.50. The molecule has 0 unspecified atom stereocenters. The molecule has 0 aliphatic carbocycles. The van der Waals surface area contributed by atoms with Gasteiger partial charge < -0.3 is 24.9 Å². The highest BCUT2D eigenvalue weighted by atomic mass is 16.2. The molecule has 9 nitrogen and oxygen atoms in total. The zero-order valence-corrected chi connectivity index (χ0v) is 22.2. The van der Waals surface area contributed by atoms with Crippen molar-refractivity contribution in [2.75, 3.05) is 63.8 Å². The van der Waals surface area contributed by atoms with Gasteiger partial charge in [-0.3, -0.25) is 4.79 Å². The molecule has 0 atom stereocenters. The molecule has 0 radical (unpaired) electrons. The van der Waals surface area contributed by atoms with Crippen molar-refractivity contribution >= 4 is 17.8 Å². The van der Waals surface area contributed by atoms with Crippen molar-refractivity contribution in [3.63, 3.8) is 0 Å². The molecule has 1 N–H and O–H groups in total. The molecule has 1 aromatic heterocycles. The molecule has 0 saturated carbocycles. The van der Waals surface area contributed by atoms with Crippen LogP contribution in [-0.4, -0.2) is 102 Å². The number of amides is 3. The number of carbonyl (C=O) groups excluding carboxylic acids is 2. The molecule has 2 aromatic rings. The number of rotatable bonds is 10. The molecule has 196 valence electrons. The zero-order valence-electron chi connectivity index (χ0n) is 22.2. The van der Waals surface area contributed by atoms with Gasteiger partial charge in [0.15, 0.2) is 5.82 Å². The first-order chi connectivity index (χ1) is 17.4. The van der Waals surface area contributed by atoms with Gasteiger partial charge >= 0.3 is 6.03 Å². The molecule has 1 aliphatic rings. The van der Waals surface area contributed by atoms with Gasteiger partial charge in [0.1, 0.15) is 6.54 Å². The SMILES string of the molecule is CCN(CC)CCN(CC(=O)N1CCCN(c2ccc(-c3ccccc3)nn2)CC1)C(=O)NC(C)C. The van der Waals surface area contributed by atoms with Crippen molar-refractivity contribution in [3.8, 4) is 11.3 Å². The summed E-state index contributed by atoms with van der Waals surface area (Å²) in [5.41, 5.74) is 1.88. The second-order valence-electron chi connectivity index (χ2n) is 9.42. The number of nitrogens with zero attached hydrogens (tertiary/aromatic N) is 6. The Balaban J connectivity index is 1.59. The van der Waals surface area contributed by atoms with E-state index in [4.69, 9.17) is 0 Å². The van der Waals surface area contributed by atoms with Crippen molar-refractivity contribution in [3.05, 3.63) is 42.5 Å². The van der Waals surface area contributed by atoms with E-state index >= 15 is 0 Å². The summed E-state index contributed by atoms with van der Waals surface area (Å²) < 4.78 is 0. The van der Waals surface area contributed by atoms with Crippen LogP contribution in [0.3, 0.4) is 0 Å². The van der Waals surface area contributed by atoms with Gasteiger partial charge in [0, 0.05) is 50.9 Å². The molecule has 3 rings (SSSR count). The van der Waals surface area contributed by atoms with Crippen molar-refractivity contribution in [1.82, 2.24) is 30.2 Å². The number of hydrogen-bond acceptors (Lipinski definition) is 6. The second kappa shape index (κ2) is 13.8. The minimum Gasteiger partial charge on any atom is -0.353 e. The first-order valence-electron chi connectivity index (χ1n) is 13.1. The molecular formula is C27H41N7O2. The average molecular weight is 496 g/mol. The van der Waals surface area contributed by atoms with Crippen LogP contribution < -0.4 is 10.2 Å². The smallest absolute Gasteiger partial charge is 0.318 e. The topological polar surface area (TPSA) is 84.9 Å². The quantitative estimate of drug-likeness (QED) is 0.546. The molecule has 36 heavy (non-hydrogen) atoms. The summed E-state index contributed by atoms with van der Waals surface area (Å²) in [4.78, 5) is 34.0. The van der Waals surface area contributed by atoms with Crippen molar-refractivity contribution in [1.29, 1.82) is 0 Å². The number of hydrogen-bond donors (Lipinski definition) is 1. The second-order valence-corrected chi connectivity index (χ2v) is 9.42. The van der Waals surface area contributed by atoms with Crippen LogP contribution in [0.1, 0.15) is 34.1 Å². The molecular weight excluding hydrogens is 454 g/mol. The lowest BCUT2D eigenvalue weighted by molar-refractivity contribution is -0.131. The molecule has 0 spiro atoms. The fourth-order valence-corrected chi connectivity index (χ4v) is 4.31. The van der Waals surface area contributed by atoms with E-state index in [9.17, 15) is 9.59 Å².